The summed E-state index contributed by atoms with van der Waals surface area (Å²) in [7, 11) is 0. The van der Waals surface area contributed by atoms with Crippen LogP contribution in [0.15, 0.2) is 45.5 Å². The highest BCUT2D eigenvalue weighted by molar-refractivity contribution is 7.98. The number of fused-ring (bicyclic) bond motifs is 1. The zero-order valence-electron chi connectivity index (χ0n) is 10.0. The standard InChI is InChI=1S/C13H8ClFN2OS2/c14-10-6-9(1-2-11(10)15)20-7-8-5-12(18)17-3-4-19-13(17)16-8/h1-6H,7H2. The van der Waals surface area contributed by atoms with E-state index in [2.05, 4.69) is 4.98 Å². The molecule has 2 heterocycles. The average molecular weight is 327 g/mol. The Hall–Kier alpha value is -1.37. The Bertz CT molecular complexity index is 831. The molecule has 0 aliphatic carbocycles. The van der Waals surface area contributed by atoms with Gasteiger partial charge in [-0.2, -0.15) is 0 Å². The van der Waals surface area contributed by atoms with Crippen molar-refractivity contribution in [3.63, 3.8) is 0 Å². The molecule has 0 aliphatic heterocycles. The van der Waals surface area contributed by atoms with Crippen molar-refractivity contribution in [2.24, 2.45) is 0 Å². The maximum Gasteiger partial charge on any atom is 0.258 e. The van der Waals surface area contributed by atoms with Crippen LogP contribution in [0, 0.1) is 5.82 Å². The number of hydrogen-bond acceptors (Lipinski definition) is 4. The number of thioether (sulfide) groups is 1. The maximum atomic E-state index is 13.1. The van der Waals surface area contributed by atoms with E-state index in [0.717, 1.165) is 4.90 Å². The van der Waals surface area contributed by atoms with Gasteiger partial charge in [-0.05, 0) is 18.2 Å². The third-order valence-corrected chi connectivity index (χ3v) is 4.71. The number of aromatic nitrogens is 2. The third-order valence-electron chi connectivity index (χ3n) is 2.63. The van der Waals surface area contributed by atoms with Crippen LogP contribution in [0.2, 0.25) is 5.02 Å². The van der Waals surface area contributed by atoms with E-state index in [1.54, 1.807) is 18.3 Å². The molecule has 0 saturated heterocycles. The molecule has 0 radical (unpaired) electrons. The van der Waals surface area contributed by atoms with Crippen molar-refractivity contribution in [1.29, 1.82) is 0 Å². The van der Waals surface area contributed by atoms with Gasteiger partial charge in [-0.25, -0.2) is 9.37 Å². The summed E-state index contributed by atoms with van der Waals surface area (Å²) in [6.07, 6.45) is 1.70. The van der Waals surface area contributed by atoms with Crippen LogP contribution in [0.4, 0.5) is 4.39 Å². The molecule has 0 unspecified atom stereocenters. The van der Waals surface area contributed by atoms with Crippen LogP contribution in [-0.4, -0.2) is 9.38 Å². The molecule has 0 saturated carbocycles. The smallest absolute Gasteiger partial charge is 0.258 e. The molecule has 102 valence electrons. The summed E-state index contributed by atoms with van der Waals surface area (Å²) in [6, 6.07) is 6.06. The monoisotopic (exact) mass is 326 g/mol. The number of halogens is 2. The second-order valence-electron chi connectivity index (χ2n) is 4.01. The summed E-state index contributed by atoms with van der Waals surface area (Å²) in [5.41, 5.74) is 0.604. The van der Waals surface area contributed by atoms with Gasteiger partial charge in [0.2, 0.25) is 0 Å². The predicted octanol–water partition coefficient (Wildman–Crippen LogP) is 3.84. The van der Waals surface area contributed by atoms with Crippen molar-refractivity contribution < 1.29 is 4.39 Å². The van der Waals surface area contributed by atoms with E-state index in [0.29, 0.717) is 16.4 Å². The van der Waals surface area contributed by atoms with Crippen LogP contribution in [0.3, 0.4) is 0 Å². The molecule has 0 aliphatic rings. The molecule has 3 nitrogen and oxygen atoms in total. The molecule has 0 spiro atoms. The lowest BCUT2D eigenvalue weighted by molar-refractivity contribution is 0.627. The molecule has 2 aromatic heterocycles. The Kier molecular flexibility index (Phi) is 3.78. The molecule has 0 atom stereocenters. The predicted molar refractivity (Wildman–Crippen MR) is 80.3 cm³/mol. The van der Waals surface area contributed by atoms with Crippen molar-refractivity contribution in [3.05, 3.63) is 62.7 Å². The number of rotatable bonds is 3. The van der Waals surface area contributed by atoms with Gasteiger partial charge in [-0.1, -0.05) is 11.6 Å². The van der Waals surface area contributed by atoms with Gasteiger partial charge in [-0.3, -0.25) is 9.20 Å². The molecule has 0 amide bonds. The second kappa shape index (κ2) is 5.55. The van der Waals surface area contributed by atoms with E-state index in [1.807, 2.05) is 5.38 Å². The fourth-order valence-corrected chi connectivity index (χ4v) is 3.50. The SMILES string of the molecule is O=c1cc(CSc2ccc(F)c(Cl)c2)nc2sccn12. The Morgan fingerprint density at radius 1 is 1.40 bits per heavy atom. The molecule has 7 heteroatoms. The van der Waals surface area contributed by atoms with E-state index in [4.69, 9.17) is 11.6 Å². The summed E-state index contributed by atoms with van der Waals surface area (Å²) in [5.74, 6) is 0.0957. The van der Waals surface area contributed by atoms with Crippen LogP contribution in [0.1, 0.15) is 5.69 Å². The normalized spacial score (nSPS) is 11.1. The molecule has 0 bridgehead atoms. The van der Waals surface area contributed by atoms with Gasteiger partial charge in [0.05, 0.1) is 10.7 Å². The third kappa shape index (κ3) is 2.72. The first kappa shape index (κ1) is 13.6. The lowest BCUT2D eigenvalue weighted by atomic mass is 10.3. The topological polar surface area (TPSA) is 34.4 Å². The lowest BCUT2D eigenvalue weighted by Gasteiger charge is -2.03. The summed E-state index contributed by atoms with van der Waals surface area (Å²) in [6.45, 7) is 0. The Labute approximate surface area is 127 Å². The maximum absolute atomic E-state index is 13.1. The van der Waals surface area contributed by atoms with Gasteiger partial charge in [0.1, 0.15) is 5.82 Å². The Morgan fingerprint density at radius 3 is 3.05 bits per heavy atom. The second-order valence-corrected chi connectivity index (χ2v) is 6.33. The molecular weight excluding hydrogens is 319 g/mol. The highest BCUT2D eigenvalue weighted by Crippen LogP contribution is 2.26. The first-order chi connectivity index (χ1) is 9.63. The van der Waals surface area contributed by atoms with Crippen molar-refractivity contribution >= 4 is 39.7 Å². The summed E-state index contributed by atoms with van der Waals surface area (Å²) in [5, 5.41) is 1.91. The van der Waals surface area contributed by atoms with E-state index in [1.165, 1.54) is 39.6 Å². The number of hydrogen-bond donors (Lipinski definition) is 0. The van der Waals surface area contributed by atoms with Gasteiger partial charge < -0.3 is 0 Å². The van der Waals surface area contributed by atoms with Gasteiger partial charge in [0.25, 0.3) is 5.56 Å². The van der Waals surface area contributed by atoms with E-state index >= 15 is 0 Å². The van der Waals surface area contributed by atoms with Gasteiger partial charge >= 0.3 is 0 Å². The summed E-state index contributed by atoms with van der Waals surface area (Å²) in [4.78, 5) is 17.7. The van der Waals surface area contributed by atoms with E-state index in [9.17, 15) is 9.18 Å². The van der Waals surface area contributed by atoms with Crippen LogP contribution in [0.25, 0.3) is 4.96 Å². The van der Waals surface area contributed by atoms with Crippen LogP contribution in [0.5, 0.6) is 0 Å². The number of thiazole rings is 1. The first-order valence-electron chi connectivity index (χ1n) is 5.67. The van der Waals surface area contributed by atoms with E-state index < -0.39 is 5.82 Å². The van der Waals surface area contributed by atoms with Crippen LogP contribution >= 0.6 is 34.7 Å². The highest BCUT2D eigenvalue weighted by Gasteiger charge is 2.06. The Morgan fingerprint density at radius 2 is 2.25 bits per heavy atom. The molecule has 1 aromatic carbocycles. The fourth-order valence-electron chi connectivity index (χ4n) is 1.69. The molecule has 3 aromatic rings. The summed E-state index contributed by atoms with van der Waals surface area (Å²) >= 11 is 8.60. The van der Waals surface area contributed by atoms with E-state index in [-0.39, 0.29) is 10.6 Å². The van der Waals surface area contributed by atoms with Gasteiger partial charge in [0.15, 0.2) is 4.96 Å². The first-order valence-corrected chi connectivity index (χ1v) is 7.91. The minimum atomic E-state index is -0.438. The molecule has 0 fully saturated rings. The van der Waals surface area contributed by atoms with Crippen molar-refractivity contribution in [3.8, 4) is 0 Å². The minimum Gasteiger partial charge on any atom is -0.269 e. The highest BCUT2D eigenvalue weighted by atomic mass is 35.5. The average Bonchev–Trinajstić information content (AvgIpc) is 2.89. The van der Waals surface area contributed by atoms with Crippen LogP contribution < -0.4 is 5.56 Å². The van der Waals surface area contributed by atoms with Crippen molar-refractivity contribution in [2.45, 2.75) is 10.6 Å². The molecular formula is C13H8ClFN2OS2. The van der Waals surface area contributed by atoms with Gasteiger partial charge in [-0.15, -0.1) is 23.1 Å². The minimum absolute atomic E-state index is 0.0935. The largest absolute Gasteiger partial charge is 0.269 e. The van der Waals surface area contributed by atoms with Gasteiger partial charge in [0, 0.05) is 28.3 Å². The zero-order chi connectivity index (χ0) is 14.1. The van der Waals surface area contributed by atoms with Crippen molar-refractivity contribution in [2.75, 3.05) is 0 Å². The number of benzene rings is 1. The molecule has 0 N–H and O–H groups in total. The molecule has 3 rings (SSSR count). The van der Waals surface area contributed by atoms with Crippen molar-refractivity contribution in [1.82, 2.24) is 9.38 Å². The zero-order valence-corrected chi connectivity index (χ0v) is 12.4. The fraction of sp³-hybridized carbons (Fsp3) is 0.0769. The summed E-state index contributed by atoms with van der Waals surface area (Å²) < 4.78 is 14.6. The van der Waals surface area contributed by atoms with Crippen LogP contribution in [-0.2, 0) is 5.75 Å². The Balaban J connectivity index is 1.82. The quantitative estimate of drug-likeness (QED) is 0.686. The molecule has 20 heavy (non-hydrogen) atoms. The lowest BCUT2D eigenvalue weighted by Crippen LogP contribution is -2.12. The number of nitrogens with zero attached hydrogens (tertiary/aromatic N) is 2.